The molecule has 0 aliphatic carbocycles. The van der Waals surface area contributed by atoms with E-state index in [-0.39, 0.29) is 54.6 Å². The molecule has 4 saturated heterocycles. The molecule has 0 bridgehead atoms. The van der Waals surface area contributed by atoms with Gasteiger partial charge in [0, 0.05) is 38.5 Å². The van der Waals surface area contributed by atoms with Gasteiger partial charge < -0.3 is 20.4 Å². The molecule has 4 aliphatic heterocycles. The lowest BCUT2D eigenvalue weighted by Gasteiger charge is -2.36. The van der Waals surface area contributed by atoms with Gasteiger partial charge in [0.15, 0.2) is 0 Å². The Labute approximate surface area is 358 Å². The van der Waals surface area contributed by atoms with Crippen molar-refractivity contribution in [1.29, 1.82) is 0 Å². The minimum atomic E-state index is -0.433. The molecular weight excluding hydrogens is 797 g/mol. The van der Waals surface area contributed by atoms with Crippen LogP contribution in [0.3, 0.4) is 0 Å². The fraction of sp³-hybridized carbons (Fsp3) is 0.273. The van der Waals surface area contributed by atoms with Crippen LogP contribution in [0.15, 0.2) is 115 Å². The maximum atomic E-state index is 11.9. The predicted molar refractivity (Wildman–Crippen MR) is 226 cm³/mol. The SMILES string of the molecule is CC1CC(=O)N(N)C(=O)N1Cc1ccccc1.Cc1cccc(C2CC(=O)NC(=O)N2)c1.NN1C(=O)CCN(Cc2ccccc2)C1=O.O=C1CC(c2ccccc2)NC(=O)N1. The third kappa shape index (κ3) is 13.0. The van der Waals surface area contributed by atoms with Gasteiger partial charge in [-0.2, -0.15) is 10.0 Å². The molecule has 12 amide bonds. The third-order valence-electron chi connectivity index (χ3n) is 10.0. The average Bonchev–Trinajstić information content (AvgIpc) is 3.26. The molecule has 18 heteroatoms. The van der Waals surface area contributed by atoms with Gasteiger partial charge in [0.05, 0.1) is 24.9 Å². The van der Waals surface area contributed by atoms with Crippen LogP contribution in [0, 0.1) is 6.92 Å². The van der Waals surface area contributed by atoms with Crippen molar-refractivity contribution < 1.29 is 38.4 Å². The Morgan fingerprint density at radius 1 is 0.565 bits per heavy atom. The van der Waals surface area contributed by atoms with E-state index in [0.717, 1.165) is 27.8 Å². The van der Waals surface area contributed by atoms with Crippen LogP contribution in [-0.2, 0) is 32.3 Å². The van der Waals surface area contributed by atoms with Crippen LogP contribution >= 0.6 is 0 Å². The first kappa shape index (κ1) is 45.6. The number of benzene rings is 4. The number of hydrazine groups is 2. The Morgan fingerprint density at radius 2 is 1.05 bits per heavy atom. The lowest BCUT2D eigenvalue weighted by atomic mass is 10.0. The highest BCUT2D eigenvalue weighted by Gasteiger charge is 2.35. The quantitative estimate of drug-likeness (QED) is 0.120. The van der Waals surface area contributed by atoms with E-state index in [1.54, 1.807) is 9.80 Å². The highest BCUT2D eigenvalue weighted by molar-refractivity contribution is 5.98. The summed E-state index contributed by atoms with van der Waals surface area (Å²) in [4.78, 5) is 93.6. The second kappa shape index (κ2) is 21.7. The normalized spacial score (nSPS) is 19.9. The monoisotopic (exact) mass is 846 g/mol. The van der Waals surface area contributed by atoms with E-state index in [1.165, 1.54) is 0 Å². The van der Waals surface area contributed by atoms with Gasteiger partial charge in [0.25, 0.3) is 0 Å². The number of urea groups is 4. The van der Waals surface area contributed by atoms with Gasteiger partial charge >= 0.3 is 24.1 Å². The second-order valence-electron chi connectivity index (χ2n) is 14.8. The molecule has 4 aliphatic rings. The molecule has 0 aromatic heterocycles. The van der Waals surface area contributed by atoms with Crippen LogP contribution in [0.25, 0.3) is 0 Å². The van der Waals surface area contributed by atoms with Gasteiger partial charge in [0.2, 0.25) is 23.6 Å². The number of amides is 12. The molecule has 3 atom stereocenters. The van der Waals surface area contributed by atoms with Crippen molar-refractivity contribution in [1.82, 2.24) is 41.1 Å². The van der Waals surface area contributed by atoms with Gasteiger partial charge in [-0.15, -0.1) is 0 Å². The fourth-order valence-electron chi connectivity index (χ4n) is 6.75. The zero-order valence-electron chi connectivity index (χ0n) is 34.4. The van der Waals surface area contributed by atoms with Gasteiger partial charge in [-0.1, -0.05) is 121 Å². The molecule has 4 heterocycles. The number of carbonyl (C=O) groups is 8. The second-order valence-corrected chi connectivity index (χ2v) is 14.8. The summed E-state index contributed by atoms with van der Waals surface area (Å²) in [5.41, 5.74) is 5.09. The molecule has 0 radical (unpaired) electrons. The molecule has 62 heavy (non-hydrogen) atoms. The predicted octanol–water partition coefficient (Wildman–Crippen LogP) is 4.04. The molecule has 4 fully saturated rings. The smallest absolute Gasteiger partial charge is 0.330 e. The van der Waals surface area contributed by atoms with Crippen molar-refractivity contribution in [2.75, 3.05) is 6.54 Å². The first-order valence-electron chi connectivity index (χ1n) is 19.8. The van der Waals surface area contributed by atoms with Crippen molar-refractivity contribution >= 4 is 47.8 Å². The third-order valence-corrected chi connectivity index (χ3v) is 10.0. The number of imide groups is 4. The van der Waals surface area contributed by atoms with Gasteiger partial charge in [-0.05, 0) is 36.1 Å². The van der Waals surface area contributed by atoms with Gasteiger partial charge in [-0.25, -0.2) is 30.9 Å². The van der Waals surface area contributed by atoms with E-state index < -0.39 is 24.1 Å². The zero-order chi connectivity index (χ0) is 44.8. The van der Waals surface area contributed by atoms with E-state index >= 15 is 0 Å². The van der Waals surface area contributed by atoms with Crippen LogP contribution in [0.2, 0.25) is 0 Å². The Kier molecular flexibility index (Phi) is 16.0. The zero-order valence-corrected chi connectivity index (χ0v) is 34.4. The Bertz CT molecular complexity index is 2210. The van der Waals surface area contributed by atoms with Crippen LogP contribution in [0.1, 0.15) is 72.5 Å². The molecule has 324 valence electrons. The molecule has 18 nitrogen and oxygen atoms in total. The lowest BCUT2D eigenvalue weighted by Crippen LogP contribution is -2.58. The van der Waals surface area contributed by atoms with E-state index in [9.17, 15) is 38.4 Å². The molecule has 4 aromatic carbocycles. The summed E-state index contributed by atoms with van der Waals surface area (Å²) in [5, 5.41) is 11.2. The first-order valence-corrected chi connectivity index (χ1v) is 19.8. The van der Waals surface area contributed by atoms with E-state index in [1.807, 2.05) is 129 Å². The molecule has 8 rings (SSSR count). The molecular formula is C44H50N10O8. The van der Waals surface area contributed by atoms with Crippen molar-refractivity contribution in [3.05, 3.63) is 143 Å². The number of aryl methyl sites for hydroxylation is 1. The largest absolute Gasteiger partial charge is 0.341 e. The van der Waals surface area contributed by atoms with Crippen LogP contribution < -0.4 is 33.0 Å². The molecule has 0 spiro atoms. The average molecular weight is 847 g/mol. The minimum absolute atomic E-state index is 0.116. The van der Waals surface area contributed by atoms with Gasteiger partial charge in [0.1, 0.15) is 0 Å². The Hall–Kier alpha value is -7.44. The molecule has 8 N–H and O–H groups in total. The standard InChI is InChI=1S/C12H15N3O2.C11H13N3O2.C11H12N2O2.C10H10N2O2/c1-9-7-11(16)15(13)12(17)14(9)8-10-5-3-2-4-6-10;12-14-10(15)6-7-13(11(14)16)8-9-4-2-1-3-5-9;1-7-3-2-4-8(5-7)9-6-10(14)13-11(15)12-9;13-9-6-8(11-10(14)12-9)7-4-2-1-3-5-7/h2-6,9H,7-8,13H2,1H3;1-5H,6-8,12H2;2-5,9H,6H2,1H3,(H2,12,13,14,15);1-5,8H,6H2,(H2,11,12,13,14). The molecule has 3 unspecified atom stereocenters. The summed E-state index contributed by atoms with van der Waals surface area (Å²) >= 11 is 0. The van der Waals surface area contributed by atoms with Crippen LogP contribution in [0.5, 0.6) is 0 Å². The maximum Gasteiger partial charge on any atom is 0.341 e. The molecule has 4 aromatic rings. The van der Waals surface area contributed by atoms with Crippen molar-refractivity contribution in [3.8, 4) is 0 Å². The number of nitrogens with one attached hydrogen (secondary N) is 4. The summed E-state index contributed by atoms with van der Waals surface area (Å²) < 4.78 is 0. The maximum absolute atomic E-state index is 11.9. The van der Waals surface area contributed by atoms with E-state index in [0.29, 0.717) is 42.5 Å². The lowest BCUT2D eigenvalue weighted by molar-refractivity contribution is -0.133. The number of hydrogen-bond donors (Lipinski definition) is 6. The summed E-state index contributed by atoms with van der Waals surface area (Å²) in [6.45, 7) is 5.22. The highest BCUT2D eigenvalue weighted by Crippen LogP contribution is 2.21. The topological polar surface area (TPSA) is 250 Å². The van der Waals surface area contributed by atoms with Crippen molar-refractivity contribution in [2.24, 2.45) is 11.7 Å². The summed E-state index contributed by atoms with van der Waals surface area (Å²) in [6, 6.07) is 34.3. The van der Waals surface area contributed by atoms with E-state index in [2.05, 4.69) is 21.3 Å². The minimum Gasteiger partial charge on any atom is -0.330 e. The van der Waals surface area contributed by atoms with E-state index in [4.69, 9.17) is 11.7 Å². The number of rotatable bonds is 6. The number of hydrogen-bond acceptors (Lipinski definition) is 10. The van der Waals surface area contributed by atoms with Crippen LogP contribution in [-0.4, -0.2) is 80.2 Å². The summed E-state index contributed by atoms with van der Waals surface area (Å²) in [7, 11) is 0. The molecule has 0 saturated carbocycles. The number of nitrogens with two attached hydrogens (primary N) is 2. The van der Waals surface area contributed by atoms with Crippen LogP contribution in [0.4, 0.5) is 19.2 Å². The Morgan fingerprint density at radius 3 is 1.58 bits per heavy atom. The summed E-state index contributed by atoms with van der Waals surface area (Å²) in [6.07, 6.45) is 1.16. The van der Waals surface area contributed by atoms with Gasteiger partial charge in [-0.3, -0.25) is 29.8 Å². The summed E-state index contributed by atoms with van der Waals surface area (Å²) in [5.74, 6) is 9.66. The van der Waals surface area contributed by atoms with Crippen molar-refractivity contribution in [3.63, 3.8) is 0 Å². The number of nitrogens with zero attached hydrogens (tertiary/aromatic N) is 4. The van der Waals surface area contributed by atoms with Crippen molar-refractivity contribution in [2.45, 2.75) is 70.7 Å². The Balaban J connectivity index is 0.000000156. The highest BCUT2D eigenvalue weighted by atomic mass is 16.2. The fourth-order valence-corrected chi connectivity index (χ4v) is 6.75. The first-order chi connectivity index (χ1) is 29.7. The number of carbonyl (C=O) groups excluding carboxylic acids is 8.